The topological polar surface area (TPSA) is 47.7 Å². The first-order valence-electron chi connectivity index (χ1n) is 7.32. The minimum absolute atomic E-state index is 0.287. The van der Waals surface area contributed by atoms with Crippen LogP contribution in [0.3, 0.4) is 0 Å². The van der Waals surface area contributed by atoms with Gasteiger partial charge in [-0.3, -0.25) is 9.36 Å². The molecule has 20 heavy (non-hydrogen) atoms. The Bertz CT molecular complexity index is 567. The van der Waals surface area contributed by atoms with Crippen molar-refractivity contribution < 1.29 is 0 Å². The van der Waals surface area contributed by atoms with E-state index >= 15 is 0 Å². The molecule has 0 radical (unpaired) electrons. The smallest absolute Gasteiger partial charge is 0.0641 e. The van der Waals surface area contributed by atoms with Crippen LogP contribution < -0.4 is 5.32 Å². The van der Waals surface area contributed by atoms with Crippen molar-refractivity contribution in [2.75, 3.05) is 6.54 Å². The Hall–Kier alpha value is -1.62. The van der Waals surface area contributed by atoms with Crippen molar-refractivity contribution in [1.82, 2.24) is 24.9 Å². The third-order valence-electron chi connectivity index (χ3n) is 3.58. The maximum Gasteiger partial charge on any atom is 0.0641 e. The number of aryl methyl sites for hydroxylation is 4. The Kier molecular flexibility index (Phi) is 4.60. The number of hydrogen-bond donors (Lipinski definition) is 1. The zero-order chi connectivity index (χ0) is 14.7. The normalized spacial score (nSPS) is 12.8. The minimum atomic E-state index is 0.287. The minimum Gasteiger partial charge on any atom is -0.310 e. The zero-order valence-electron chi connectivity index (χ0n) is 13.1. The van der Waals surface area contributed by atoms with E-state index in [9.17, 15) is 0 Å². The van der Waals surface area contributed by atoms with Crippen molar-refractivity contribution in [2.45, 2.75) is 46.7 Å². The summed E-state index contributed by atoms with van der Waals surface area (Å²) in [6, 6.07) is 2.47. The molecule has 2 aromatic heterocycles. The van der Waals surface area contributed by atoms with Crippen molar-refractivity contribution in [3.8, 4) is 0 Å². The molecule has 2 aromatic rings. The maximum atomic E-state index is 4.53. The van der Waals surface area contributed by atoms with E-state index in [0.29, 0.717) is 0 Å². The largest absolute Gasteiger partial charge is 0.310 e. The van der Waals surface area contributed by atoms with Crippen LogP contribution in [-0.4, -0.2) is 26.1 Å². The maximum absolute atomic E-state index is 4.53. The van der Waals surface area contributed by atoms with Crippen molar-refractivity contribution in [3.05, 3.63) is 34.9 Å². The summed E-state index contributed by atoms with van der Waals surface area (Å²) in [5, 5.41) is 12.6. The molecule has 0 saturated carbocycles. The average Bonchev–Trinajstić information content (AvgIpc) is 2.91. The quantitative estimate of drug-likeness (QED) is 0.878. The summed E-state index contributed by atoms with van der Waals surface area (Å²) in [6.45, 7) is 10.2. The average molecular weight is 275 g/mol. The number of likely N-dealkylation sites (N-methyl/N-ethyl adjacent to an activating group) is 1. The molecule has 5 heteroatoms. The van der Waals surface area contributed by atoms with Crippen LogP contribution >= 0.6 is 0 Å². The van der Waals surface area contributed by atoms with Gasteiger partial charge in [-0.05, 0) is 33.4 Å². The summed E-state index contributed by atoms with van der Waals surface area (Å²) in [6.07, 6.45) is 3.05. The molecule has 110 valence electrons. The van der Waals surface area contributed by atoms with E-state index in [4.69, 9.17) is 0 Å². The second-order valence-electron chi connectivity index (χ2n) is 5.25. The summed E-state index contributed by atoms with van der Waals surface area (Å²) in [5.74, 6) is 0. The molecule has 0 fully saturated rings. The van der Waals surface area contributed by atoms with Crippen molar-refractivity contribution in [1.29, 1.82) is 0 Å². The van der Waals surface area contributed by atoms with Gasteiger partial charge in [-0.25, -0.2) is 0 Å². The van der Waals surface area contributed by atoms with Crippen LogP contribution in [-0.2, 0) is 20.0 Å². The van der Waals surface area contributed by atoms with Crippen LogP contribution in [0.2, 0.25) is 0 Å². The van der Waals surface area contributed by atoms with Gasteiger partial charge in [-0.15, -0.1) is 0 Å². The predicted octanol–water partition coefficient (Wildman–Crippen LogP) is 2.15. The van der Waals surface area contributed by atoms with Gasteiger partial charge in [0.05, 0.1) is 11.4 Å². The molecule has 1 unspecified atom stereocenters. The summed E-state index contributed by atoms with van der Waals surface area (Å²) in [7, 11) is 1.97. The Labute approximate surface area is 121 Å². The Morgan fingerprint density at radius 2 is 2.00 bits per heavy atom. The van der Waals surface area contributed by atoms with E-state index in [0.717, 1.165) is 30.9 Å². The molecule has 0 spiro atoms. The summed E-state index contributed by atoms with van der Waals surface area (Å²) in [5.41, 5.74) is 4.73. The molecule has 2 heterocycles. The van der Waals surface area contributed by atoms with Crippen LogP contribution in [0, 0.1) is 13.8 Å². The standard InChI is InChI=1S/C15H25N5/c1-6-16-15(14-10-19(5)18-12(14)4)9-13-8-11(3)17-20(13)7-2/h8,10,15-16H,6-7,9H2,1-5H3. The molecule has 0 aliphatic heterocycles. The van der Waals surface area contributed by atoms with Gasteiger partial charge in [0.15, 0.2) is 0 Å². The molecule has 5 nitrogen and oxygen atoms in total. The Morgan fingerprint density at radius 1 is 1.25 bits per heavy atom. The molecule has 0 bridgehead atoms. The summed E-state index contributed by atoms with van der Waals surface area (Å²) in [4.78, 5) is 0. The van der Waals surface area contributed by atoms with Gasteiger partial charge in [0.1, 0.15) is 0 Å². The van der Waals surface area contributed by atoms with Gasteiger partial charge in [-0.1, -0.05) is 6.92 Å². The van der Waals surface area contributed by atoms with Gasteiger partial charge in [0.25, 0.3) is 0 Å². The van der Waals surface area contributed by atoms with Gasteiger partial charge in [0, 0.05) is 43.5 Å². The molecule has 0 aliphatic rings. The van der Waals surface area contributed by atoms with Crippen LogP contribution in [0.15, 0.2) is 12.3 Å². The number of nitrogens with zero attached hydrogens (tertiary/aromatic N) is 4. The van der Waals surface area contributed by atoms with E-state index in [-0.39, 0.29) is 6.04 Å². The molecule has 0 saturated heterocycles. The second kappa shape index (κ2) is 6.22. The lowest BCUT2D eigenvalue weighted by Gasteiger charge is -2.18. The fourth-order valence-corrected chi connectivity index (χ4v) is 2.74. The van der Waals surface area contributed by atoms with Gasteiger partial charge >= 0.3 is 0 Å². The van der Waals surface area contributed by atoms with Gasteiger partial charge in [-0.2, -0.15) is 10.2 Å². The van der Waals surface area contributed by atoms with E-state index in [1.807, 2.05) is 18.7 Å². The highest BCUT2D eigenvalue weighted by molar-refractivity contribution is 5.23. The number of aromatic nitrogens is 4. The van der Waals surface area contributed by atoms with E-state index in [2.05, 4.69) is 53.2 Å². The molecule has 0 aliphatic carbocycles. The van der Waals surface area contributed by atoms with Gasteiger partial charge < -0.3 is 5.32 Å². The fourth-order valence-electron chi connectivity index (χ4n) is 2.74. The van der Waals surface area contributed by atoms with Crippen molar-refractivity contribution in [2.24, 2.45) is 7.05 Å². The SMILES string of the molecule is CCNC(Cc1cc(C)nn1CC)c1cn(C)nc1C. The molecular formula is C15H25N5. The highest BCUT2D eigenvalue weighted by Gasteiger charge is 2.18. The first-order chi connectivity index (χ1) is 9.55. The Morgan fingerprint density at radius 3 is 2.55 bits per heavy atom. The molecule has 1 N–H and O–H groups in total. The molecule has 0 aromatic carbocycles. The third-order valence-corrected chi connectivity index (χ3v) is 3.58. The fraction of sp³-hybridized carbons (Fsp3) is 0.600. The van der Waals surface area contributed by atoms with Gasteiger partial charge in [0.2, 0.25) is 0 Å². The molecule has 0 amide bonds. The van der Waals surface area contributed by atoms with Crippen LogP contribution in [0.25, 0.3) is 0 Å². The summed E-state index contributed by atoms with van der Waals surface area (Å²) >= 11 is 0. The molecular weight excluding hydrogens is 250 g/mol. The number of rotatable bonds is 6. The molecule has 2 rings (SSSR count). The van der Waals surface area contributed by atoms with Crippen LogP contribution in [0.1, 0.15) is 42.5 Å². The van der Waals surface area contributed by atoms with E-state index in [1.165, 1.54) is 11.3 Å². The third kappa shape index (κ3) is 3.10. The highest BCUT2D eigenvalue weighted by atomic mass is 15.3. The van der Waals surface area contributed by atoms with E-state index < -0.39 is 0 Å². The summed E-state index contributed by atoms with van der Waals surface area (Å²) < 4.78 is 3.97. The number of hydrogen-bond acceptors (Lipinski definition) is 3. The first-order valence-corrected chi connectivity index (χ1v) is 7.32. The zero-order valence-corrected chi connectivity index (χ0v) is 13.1. The monoisotopic (exact) mass is 275 g/mol. The predicted molar refractivity (Wildman–Crippen MR) is 80.7 cm³/mol. The lowest BCUT2D eigenvalue weighted by atomic mass is 10.0. The lowest BCUT2D eigenvalue weighted by Crippen LogP contribution is -2.24. The van der Waals surface area contributed by atoms with E-state index in [1.54, 1.807) is 0 Å². The van der Waals surface area contributed by atoms with Crippen molar-refractivity contribution >= 4 is 0 Å². The lowest BCUT2D eigenvalue weighted by molar-refractivity contribution is 0.514. The van der Waals surface area contributed by atoms with Crippen LogP contribution in [0.4, 0.5) is 0 Å². The van der Waals surface area contributed by atoms with Crippen LogP contribution in [0.5, 0.6) is 0 Å². The molecule has 1 atom stereocenters. The first kappa shape index (κ1) is 14.8. The number of nitrogens with one attached hydrogen (secondary N) is 1. The second-order valence-corrected chi connectivity index (χ2v) is 5.25. The van der Waals surface area contributed by atoms with Crippen molar-refractivity contribution in [3.63, 3.8) is 0 Å². The Balaban J connectivity index is 2.27. The highest BCUT2D eigenvalue weighted by Crippen LogP contribution is 2.21.